The Morgan fingerprint density at radius 2 is 2.22 bits per heavy atom. The lowest BCUT2D eigenvalue weighted by Crippen LogP contribution is -2.01. The molecule has 0 aliphatic heterocycles. The lowest BCUT2D eigenvalue weighted by molar-refractivity contribution is 0.216. The molecule has 0 aromatic heterocycles. The van der Waals surface area contributed by atoms with Crippen LogP contribution in [0, 0.1) is 11.3 Å². The highest BCUT2D eigenvalue weighted by atomic mass is 35.5. The normalized spacial score (nSPS) is 12.6. The fourth-order valence-corrected chi connectivity index (χ4v) is 0.686. The number of aliphatic hydroxyl groups is 1. The number of halogens is 1. The zero-order valence-electron chi connectivity index (χ0n) is 5.18. The van der Waals surface area contributed by atoms with Crippen molar-refractivity contribution in [2.24, 2.45) is 0 Å². The van der Waals surface area contributed by atoms with Crippen molar-refractivity contribution in [3.05, 3.63) is 0 Å². The Bertz CT molecular complexity index is 99.7. The van der Waals surface area contributed by atoms with E-state index in [2.05, 4.69) is 0 Å². The molecule has 9 heavy (non-hydrogen) atoms. The summed E-state index contributed by atoms with van der Waals surface area (Å²) in [7, 11) is 0. The van der Waals surface area contributed by atoms with Crippen LogP contribution in [-0.4, -0.2) is 17.1 Å². The number of alkyl halides is 1. The van der Waals surface area contributed by atoms with Gasteiger partial charge in [0, 0.05) is 5.88 Å². The van der Waals surface area contributed by atoms with E-state index >= 15 is 0 Å². The minimum absolute atomic E-state index is 0.545. The molecule has 0 aromatic carbocycles. The summed E-state index contributed by atoms with van der Waals surface area (Å²) in [6.07, 6.45) is 1.45. The molecule has 0 aliphatic rings. The molecule has 3 heteroatoms. The van der Waals surface area contributed by atoms with Gasteiger partial charge in [0.2, 0.25) is 0 Å². The molecule has 0 saturated heterocycles. The van der Waals surface area contributed by atoms with Gasteiger partial charge in [0.1, 0.15) is 6.10 Å². The molecule has 1 atom stereocenters. The predicted molar refractivity (Wildman–Crippen MR) is 36.2 cm³/mol. The van der Waals surface area contributed by atoms with E-state index in [0.717, 1.165) is 12.8 Å². The van der Waals surface area contributed by atoms with E-state index in [4.69, 9.17) is 22.0 Å². The molecule has 0 bridgehead atoms. The Hall–Kier alpha value is -0.260. The van der Waals surface area contributed by atoms with Gasteiger partial charge in [0.05, 0.1) is 6.07 Å². The smallest absolute Gasteiger partial charge is 0.140 e. The Balaban J connectivity index is 2.99. The summed E-state index contributed by atoms with van der Waals surface area (Å²) < 4.78 is 0. The number of rotatable bonds is 4. The molecule has 0 aromatic rings. The summed E-state index contributed by atoms with van der Waals surface area (Å²) in [5, 5.41) is 16.8. The fraction of sp³-hybridized carbons (Fsp3) is 0.833. The van der Waals surface area contributed by atoms with Gasteiger partial charge in [-0.3, -0.25) is 0 Å². The molecule has 52 valence electrons. The lowest BCUT2D eigenvalue weighted by atomic mass is 10.2. The summed E-state index contributed by atoms with van der Waals surface area (Å²) in [6.45, 7) is 0. The van der Waals surface area contributed by atoms with Gasteiger partial charge in [-0.05, 0) is 19.3 Å². The number of hydrogen-bond acceptors (Lipinski definition) is 2. The quantitative estimate of drug-likeness (QED) is 0.370. The van der Waals surface area contributed by atoms with Gasteiger partial charge in [0.15, 0.2) is 0 Å². The maximum absolute atomic E-state index is 8.68. The second-order valence-corrected chi connectivity index (χ2v) is 2.21. The highest BCUT2D eigenvalue weighted by molar-refractivity contribution is 6.17. The number of aliphatic hydroxyl groups excluding tert-OH is 1. The number of hydrogen-bond donors (Lipinski definition) is 1. The predicted octanol–water partition coefficient (Wildman–Crippen LogP) is 1.28. The maximum Gasteiger partial charge on any atom is 0.140 e. The molecule has 2 nitrogen and oxygen atoms in total. The summed E-state index contributed by atoms with van der Waals surface area (Å²) in [5.74, 6) is 0.609. The molecule has 0 radical (unpaired) electrons. The minimum Gasteiger partial charge on any atom is -0.378 e. The van der Waals surface area contributed by atoms with E-state index in [9.17, 15) is 0 Å². The molecular formula is C6H10ClNO. The summed E-state index contributed by atoms with van der Waals surface area (Å²) in [5.41, 5.74) is 0. The highest BCUT2D eigenvalue weighted by Gasteiger charge is 1.98. The Morgan fingerprint density at radius 1 is 1.56 bits per heavy atom. The number of unbranched alkanes of at least 4 members (excludes halogenated alkanes) is 1. The standard InChI is InChI=1S/C6H10ClNO/c7-4-2-1-3-6(9)5-8/h6,9H,1-4H2. The molecule has 0 fully saturated rings. The van der Waals surface area contributed by atoms with Crippen molar-refractivity contribution in [3.63, 3.8) is 0 Å². The van der Waals surface area contributed by atoms with E-state index in [1.165, 1.54) is 0 Å². The number of nitrogens with zero attached hydrogens (tertiary/aromatic N) is 1. The van der Waals surface area contributed by atoms with Crippen molar-refractivity contribution in [1.82, 2.24) is 0 Å². The molecular weight excluding hydrogens is 138 g/mol. The van der Waals surface area contributed by atoms with Crippen LogP contribution in [0.5, 0.6) is 0 Å². The van der Waals surface area contributed by atoms with Crippen LogP contribution < -0.4 is 0 Å². The second kappa shape index (κ2) is 5.87. The maximum atomic E-state index is 8.68. The number of nitriles is 1. The van der Waals surface area contributed by atoms with Crippen LogP contribution in [0.2, 0.25) is 0 Å². The van der Waals surface area contributed by atoms with Crippen LogP contribution in [0.15, 0.2) is 0 Å². The lowest BCUT2D eigenvalue weighted by Gasteiger charge is -1.97. The van der Waals surface area contributed by atoms with E-state index in [-0.39, 0.29) is 0 Å². The van der Waals surface area contributed by atoms with Crippen LogP contribution >= 0.6 is 11.6 Å². The van der Waals surface area contributed by atoms with Crippen molar-refractivity contribution in [2.75, 3.05) is 5.88 Å². The Morgan fingerprint density at radius 3 is 2.67 bits per heavy atom. The van der Waals surface area contributed by atoms with Crippen LogP contribution in [-0.2, 0) is 0 Å². The van der Waals surface area contributed by atoms with Crippen molar-refractivity contribution >= 4 is 11.6 Å². The van der Waals surface area contributed by atoms with Gasteiger partial charge in [-0.2, -0.15) is 5.26 Å². The van der Waals surface area contributed by atoms with Gasteiger partial charge >= 0.3 is 0 Å². The topological polar surface area (TPSA) is 44.0 Å². The molecule has 0 heterocycles. The van der Waals surface area contributed by atoms with Crippen molar-refractivity contribution in [2.45, 2.75) is 25.4 Å². The molecule has 0 saturated carbocycles. The fourth-order valence-electron chi connectivity index (χ4n) is 0.497. The summed E-state index contributed by atoms with van der Waals surface area (Å²) in [4.78, 5) is 0. The van der Waals surface area contributed by atoms with Crippen LogP contribution in [0.1, 0.15) is 19.3 Å². The van der Waals surface area contributed by atoms with Crippen molar-refractivity contribution in [3.8, 4) is 6.07 Å². The van der Waals surface area contributed by atoms with Crippen LogP contribution in [0.4, 0.5) is 0 Å². The zero-order valence-corrected chi connectivity index (χ0v) is 5.93. The summed E-state index contributed by atoms with van der Waals surface area (Å²) >= 11 is 5.36. The molecule has 1 unspecified atom stereocenters. The molecule has 1 N–H and O–H groups in total. The first-order valence-electron chi connectivity index (χ1n) is 2.95. The van der Waals surface area contributed by atoms with Crippen LogP contribution in [0.3, 0.4) is 0 Å². The largest absolute Gasteiger partial charge is 0.378 e. The average Bonchev–Trinajstić information content (AvgIpc) is 1.89. The monoisotopic (exact) mass is 147 g/mol. The Kier molecular flexibility index (Phi) is 5.70. The molecule has 0 rings (SSSR count). The van der Waals surface area contributed by atoms with Gasteiger partial charge in [0.25, 0.3) is 0 Å². The first-order chi connectivity index (χ1) is 4.31. The SMILES string of the molecule is N#CC(O)CCCCCl. The van der Waals surface area contributed by atoms with Crippen LogP contribution in [0.25, 0.3) is 0 Å². The minimum atomic E-state index is -0.798. The van der Waals surface area contributed by atoms with Gasteiger partial charge in [-0.1, -0.05) is 0 Å². The molecule has 0 aliphatic carbocycles. The van der Waals surface area contributed by atoms with E-state index in [0.29, 0.717) is 12.3 Å². The molecule has 0 amide bonds. The third-order valence-corrected chi connectivity index (χ3v) is 1.28. The third-order valence-electron chi connectivity index (χ3n) is 1.01. The van der Waals surface area contributed by atoms with Gasteiger partial charge in [-0.15, -0.1) is 11.6 Å². The Labute approximate surface area is 60.1 Å². The highest BCUT2D eigenvalue weighted by Crippen LogP contribution is 2.00. The van der Waals surface area contributed by atoms with Crippen molar-refractivity contribution < 1.29 is 5.11 Å². The first-order valence-corrected chi connectivity index (χ1v) is 3.48. The second-order valence-electron chi connectivity index (χ2n) is 1.83. The first kappa shape index (κ1) is 8.74. The van der Waals surface area contributed by atoms with E-state index in [1.807, 2.05) is 0 Å². The van der Waals surface area contributed by atoms with E-state index in [1.54, 1.807) is 6.07 Å². The van der Waals surface area contributed by atoms with Gasteiger partial charge < -0.3 is 5.11 Å². The summed E-state index contributed by atoms with van der Waals surface area (Å²) in [6, 6.07) is 1.74. The zero-order chi connectivity index (χ0) is 7.11. The molecule has 0 spiro atoms. The van der Waals surface area contributed by atoms with Crippen molar-refractivity contribution in [1.29, 1.82) is 5.26 Å². The van der Waals surface area contributed by atoms with Gasteiger partial charge in [-0.25, -0.2) is 0 Å². The van der Waals surface area contributed by atoms with E-state index < -0.39 is 6.10 Å². The third kappa shape index (κ3) is 5.61. The average molecular weight is 148 g/mol.